The molecule has 2 heteroatoms. The van der Waals surface area contributed by atoms with Gasteiger partial charge in [-0.3, -0.25) is 0 Å². The molecule has 0 aromatic heterocycles. The SMILES string of the molecule is CC1CCC(C#N)C(Sc2ccc(C(C)(C)C)cc2)C1. The molecule has 108 valence electrons. The van der Waals surface area contributed by atoms with Crippen LogP contribution in [-0.4, -0.2) is 5.25 Å². The van der Waals surface area contributed by atoms with E-state index < -0.39 is 0 Å². The first-order valence-corrected chi connectivity index (χ1v) is 8.45. The lowest BCUT2D eigenvalue weighted by Gasteiger charge is -2.30. The zero-order valence-electron chi connectivity index (χ0n) is 13.0. The summed E-state index contributed by atoms with van der Waals surface area (Å²) in [6, 6.07) is 11.4. The molecule has 1 aromatic rings. The highest BCUT2D eigenvalue weighted by Gasteiger charge is 2.29. The molecule has 0 aliphatic heterocycles. The highest BCUT2D eigenvalue weighted by Crippen LogP contribution is 2.39. The maximum absolute atomic E-state index is 9.31. The van der Waals surface area contributed by atoms with Crippen LogP contribution in [0.1, 0.15) is 52.5 Å². The Bertz CT molecular complexity index is 478. The van der Waals surface area contributed by atoms with Gasteiger partial charge in [0.2, 0.25) is 0 Å². The Kier molecular flexibility index (Phi) is 4.81. The van der Waals surface area contributed by atoms with E-state index in [1.807, 2.05) is 11.8 Å². The van der Waals surface area contributed by atoms with Crippen molar-refractivity contribution in [3.63, 3.8) is 0 Å². The molecular formula is C18H25NS. The molecule has 1 aromatic carbocycles. The maximum atomic E-state index is 9.31. The fourth-order valence-corrected chi connectivity index (χ4v) is 4.24. The quantitative estimate of drug-likeness (QED) is 0.726. The van der Waals surface area contributed by atoms with Gasteiger partial charge in [-0.05, 0) is 48.3 Å². The smallest absolute Gasteiger partial charge is 0.0667 e. The predicted octanol–water partition coefficient (Wildman–Crippen LogP) is 5.40. The summed E-state index contributed by atoms with van der Waals surface area (Å²) in [6.45, 7) is 9.03. The molecule has 2 rings (SSSR count). The number of benzene rings is 1. The molecule has 1 aliphatic rings. The van der Waals surface area contributed by atoms with Crippen LogP contribution in [-0.2, 0) is 5.41 Å². The highest BCUT2D eigenvalue weighted by molar-refractivity contribution is 8.00. The molecule has 0 bridgehead atoms. The minimum absolute atomic E-state index is 0.206. The zero-order chi connectivity index (χ0) is 14.8. The van der Waals surface area contributed by atoms with E-state index in [0.717, 1.165) is 12.3 Å². The topological polar surface area (TPSA) is 23.8 Å². The first-order valence-electron chi connectivity index (χ1n) is 7.57. The molecule has 0 radical (unpaired) electrons. The minimum atomic E-state index is 0.206. The first kappa shape index (κ1) is 15.4. The van der Waals surface area contributed by atoms with Gasteiger partial charge in [0.1, 0.15) is 0 Å². The van der Waals surface area contributed by atoms with Crippen molar-refractivity contribution in [1.82, 2.24) is 0 Å². The van der Waals surface area contributed by atoms with E-state index in [0.29, 0.717) is 5.25 Å². The van der Waals surface area contributed by atoms with Crippen LogP contribution in [0.3, 0.4) is 0 Å². The monoisotopic (exact) mass is 287 g/mol. The summed E-state index contributed by atoms with van der Waals surface area (Å²) in [5, 5.41) is 9.78. The van der Waals surface area contributed by atoms with Crippen LogP contribution in [0.25, 0.3) is 0 Å². The fraction of sp³-hybridized carbons (Fsp3) is 0.611. The van der Waals surface area contributed by atoms with Crippen molar-refractivity contribution in [2.45, 2.75) is 62.5 Å². The van der Waals surface area contributed by atoms with Gasteiger partial charge in [-0.15, -0.1) is 11.8 Å². The lowest BCUT2D eigenvalue weighted by molar-refractivity contribution is 0.346. The molecule has 1 aliphatic carbocycles. The summed E-state index contributed by atoms with van der Waals surface area (Å²) in [4.78, 5) is 1.30. The number of nitrogens with zero attached hydrogens (tertiary/aromatic N) is 1. The third-order valence-electron chi connectivity index (χ3n) is 4.23. The molecule has 0 heterocycles. The second-order valence-electron chi connectivity index (χ2n) is 7.08. The number of hydrogen-bond donors (Lipinski definition) is 0. The Morgan fingerprint density at radius 3 is 2.35 bits per heavy atom. The van der Waals surface area contributed by atoms with Crippen molar-refractivity contribution in [2.24, 2.45) is 11.8 Å². The molecule has 0 amide bonds. The van der Waals surface area contributed by atoms with E-state index in [-0.39, 0.29) is 11.3 Å². The summed E-state index contributed by atoms with van der Waals surface area (Å²) >= 11 is 1.90. The van der Waals surface area contributed by atoms with Crippen LogP contribution < -0.4 is 0 Å². The van der Waals surface area contributed by atoms with E-state index in [9.17, 15) is 5.26 Å². The normalized spacial score (nSPS) is 27.1. The number of hydrogen-bond acceptors (Lipinski definition) is 2. The van der Waals surface area contributed by atoms with Gasteiger partial charge in [0.05, 0.1) is 12.0 Å². The average Bonchev–Trinajstić information content (AvgIpc) is 2.38. The largest absolute Gasteiger partial charge is 0.198 e. The first-order chi connectivity index (χ1) is 9.40. The second-order valence-corrected chi connectivity index (χ2v) is 8.40. The van der Waals surface area contributed by atoms with Gasteiger partial charge < -0.3 is 0 Å². The molecule has 3 atom stereocenters. The predicted molar refractivity (Wildman–Crippen MR) is 86.9 cm³/mol. The van der Waals surface area contributed by atoms with Gasteiger partial charge in [-0.1, -0.05) is 39.8 Å². The second kappa shape index (κ2) is 6.22. The third-order valence-corrected chi connectivity index (χ3v) is 5.60. The van der Waals surface area contributed by atoms with Crippen molar-refractivity contribution < 1.29 is 0 Å². The standard InChI is InChI=1S/C18H25NS/c1-13-5-6-14(12-19)17(11-13)20-16-9-7-15(8-10-16)18(2,3)4/h7-10,13-14,17H,5-6,11H2,1-4H3. The van der Waals surface area contributed by atoms with E-state index in [1.165, 1.54) is 23.3 Å². The van der Waals surface area contributed by atoms with Gasteiger partial charge in [0.25, 0.3) is 0 Å². The molecule has 20 heavy (non-hydrogen) atoms. The average molecular weight is 287 g/mol. The highest BCUT2D eigenvalue weighted by atomic mass is 32.2. The van der Waals surface area contributed by atoms with Gasteiger partial charge in [-0.2, -0.15) is 5.26 Å². The summed E-state index contributed by atoms with van der Waals surface area (Å²) in [6.07, 6.45) is 3.44. The number of rotatable bonds is 2. The summed E-state index contributed by atoms with van der Waals surface area (Å²) in [5.41, 5.74) is 1.58. The van der Waals surface area contributed by atoms with E-state index >= 15 is 0 Å². The van der Waals surface area contributed by atoms with Crippen molar-refractivity contribution in [2.75, 3.05) is 0 Å². The molecule has 0 saturated heterocycles. The van der Waals surface area contributed by atoms with Crippen LogP contribution >= 0.6 is 11.8 Å². The van der Waals surface area contributed by atoms with Crippen LogP contribution in [0.5, 0.6) is 0 Å². The molecular weight excluding hydrogens is 262 g/mol. The number of thioether (sulfide) groups is 1. The Hall–Kier alpha value is -0.940. The van der Waals surface area contributed by atoms with Gasteiger partial charge in [0, 0.05) is 10.1 Å². The lowest BCUT2D eigenvalue weighted by atomic mass is 9.83. The Morgan fingerprint density at radius 1 is 1.15 bits per heavy atom. The van der Waals surface area contributed by atoms with E-state index in [4.69, 9.17) is 0 Å². The Morgan fingerprint density at radius 2 is 1.80 bits per heavy atom. The molecule has 0 spiro atoms. The third kappa shape index (κ3) is 3.79. The van der Waals surface area contributed by atoms with Crippen LogP contribution in [0.15, 0.2) is 29.2 Å². The van der Waals surface area contributed by atoms with Crippen LogP contribution in [0.2, 0.25) is 0 Å². The van der Waals surface area contributed by atoms with Crippen molar-refractivity contribution in [3.8, 4) is 6.07 Å². The van der Waals surface area contributed by atoms with Gasteiger partial charge in [0.15, 0.2) is 0 Å². The molecule has 3 unspecified atom stereocenters. The summed E-state index contributed by atoms with van der Waals surface area (Å²) < 4.78 is 0. The van der Waals surface area contributed by atoms with Crippen molar-refractivity contribution >= 4 is 11.8 Å². The van der Waals surface area contributed by atoms with Crippen LogP contribution in [0.4, 0.5) is 0 Å². The summed E-state index contributed by atoms with van der Waals surface area (Å²) in [7, 11) is 0. The minimum Gasteiger partial charge on any atom is -0.198 e. The van der Waals surface area contributed by atoms with Gasteiger partial charge >= 0.3 is 0 Å². The molecule has 0 N–H and O–H groups in total. The molecule has 1 fully saturated rings. The lowest BCUT2D eigenvalue weighted by Crippen LogP contribution is -2.24. The zero-order valence-corrected chi connectivity index (χ0v) is 13.8. The van der Waals surface area contributed by atoms with E-state index in [1.54, 1.807) is 0 Å². The number of nitriles is 1. The Balaban J connectivity index is 2.07. The van der Waals surface area contributed by atoms with E-state index in [2.05, 4.69) is 58.0 Å². The molecule has 1 saturated carbocycles. The maximum Gasteiger partial charge on any atom is 0.0667 e. The summed E-state index contributed by atoms with van der Waals surface area (Å²) in [5.74, 6) is 0.976. The van der Waals surface area contributed by atoms with Crippen LogP contribution in [0, 0.1) is 23.2 Å². The van der Waals surface area contributed by atoms with Gasteiger partial charge in [-0.25, -0.2) is 0 Å². The Labute approximate surface area is 127 Å². The van der Waals surface area contributed by atoms with Crippen molar-refractivity contribution in [3.05, 3.63) is 29.8 Å². The van der Waals surface area contributed by atoms with Crippen molar-refractivity contribution in [1.29, 1.82) is 5.26 Å². The molecule has 1 nitrogen and oxygen atoms in total. The fourth-order valence-electron chi connectivity index (χ4n) is 2.81.